The van der Waals surface area contributed by atoms with Crippen LogP contribution in [0.4, 0.5) is 0 Å². The molecule has 1 atom stereocenters. The van der Waals surface area contributed by atoms with Gasteiger partial charge in [-0.2, -0.15) is 0 Å². The molecule has 0 spiro atoms. The number of rotatable bonds is 6. The van der Waals surface area contributed by atoms with E-state index in [2.05, 4.69) is 0 Å². The van der Waals surface area contributed by atoms with Gasteiger partial charge < -0.3 is 9.84 Å². The summed E-state index contributed by atoms with van der Waals surface area (Å²) in [5.41, 5.74) is 0. The summed E-state index contributed by atoms with van der Waals surface area (Å²) in [6.07, 6.45) is 1.37. The highest BCUT2D eigenvalue weighted by atomic mass is 32.2. The molecule has 0 amide bonds. The Kier molecular flexibility index (Phi) is 4.84. The first-order valence-electron chi connectivity index (χ1n) is 6.78. The van der Waals surface area contributed by atoms with E-state index in [-0.39, 0.29) is 17.2 Å². The second-order valence-electron chi connectivity index (χ2n) is 5.03. The summed E-state index contributed by atoms with van der Waals surface area (Å²) in [5.74, 6) is -0.490. The Balaban J connectivity index is 2.06. The van der Waals surface area contributed by atoms with Gasteiger partial charge in [0.25, 0.3) is 0 Å². The molecule has 0 saturated carbocycles. The topological polar surface area (TPSA) is 83.9 Å². The van der Waals surface area contributed by atoms with Crippen LogP contribution in [0.1, 0.15) is 12.8 Å². The third-order valence-electron chi connectivity index (χ3n) is 3.70. The van der Waals surface area contributed by atoms with Crippen molar-refractivity contribution in [2.45, 2.75) is 23.8 Å². The lowest BCUT2D eigenvalue weighted by atomic mass is 10.2. The summed E-state index contributed by atoms with van der Waals surface area (Å²) in [5, 5.41) is 9.09. The fraction of sp³-hybridized carbons (Fsp3) is 0.500. The number of carboxylic acid groups (broad SMARTS) is 1. The zero-order valence-corrected chi connectivity index (χ0v) is 12.7. The summed E-state index contributed by atoms with van der Waals surface area (Å²) >= 11 is 0. The number of aliphatic carboxylic acids is 1. The maximum Gasteiger partial charge on any atom is 0.320 e. The quantitative estimate of drug-likeness (QED) is 0.844. The van der Waals surface area contributed by atoms with E-state index >= 15 is 0 Å². The number of sulfone groups is 1. The van der Waals surface area contributed by atoms with Crippen LogP contribution in [0.2, 0.25) is 0 Å². The minimum atomic E-state index is -3.44. The molecule has 2 rings (SSSR count). The predicted octanol–water partition coefficient (Wildman–Crippen LogP) is 1.02. The van der Waals surface area contributed by atoms with E-state index in [1.165, 1.54) is 19.2 Å². The third kappa shape index (κ3) is 3.74. The van der Waals surface area contributed by atoms with Gasteiger partial charge in [0.15, 0.2) is 9.84 Å². The van der Waals surface area contributed by atoms with Gasteiger partial charge in [0.2, 0.25) is 0 Å². The summed E-state index contributed by atoms with van der Waals surface area (Å²) < 4.78 is 29.6. The van der Waals surface area contributed by atoms with Gasteiger partial charge in [0, 0.05) is 6.54 Å². The Morgan fingerprint density at radius 1 is 1.48 bits per heavy atom. The maximum atomic E-state index is 12.3. The first-order valence-corrected chi connectivity index (χ1v) is 8.43. The van der Waals surface area contributed by atoms with Crippen LogP contribution in [0, 0.1) is 0 Å². The molecule has 0 aliphatic carbocycles. The average Bonchev–Trinajstić information content (AvgIpc) is 2.94. The molecule has 7 heteroatoms. The van der Waals surface area contributed by atoms with E-state index in [4.69, 9.17) is 9.84 Å². The number of benzene rings is 1. The number of carbonyl (C=O) groups is 1. The standard InChI is InChI=1S/C14H19NO5S/c1-20-11-4-2-5-12(10-11)21(18,19)9-8-15-7-3-6-13(15)14(16)17/h2,4-5,10,13H,3,6-9H2,1H3,(H,16,17)/t13-/m0/s1. The number of methoxy groups -OCH3 is 1. The molecule has 1 aromatic carbocycles. The van der Waals surface area contributed by atoms with Crippen molar-refractivity contribution in [3.63, 3.8) is 0 Å². The fourth-order valence-electron chi connectivity index (χ4n) is 2.52. The molecule has 0 unspecified atom stereocenters. The predicted molar refractivity (Wildman–Crippen MR) is 77.3 cm³/mol. The zero-order valence-electron chi connectivity index (χ0n) is 11.9. The number of carboxylic acids is 1. The van der Waals surface area contributed by atoms with Crippen LogP contribution in [-0.2, 0) is 14.6 Å². The van der Waals surface area contributed by atoms with Gasteiger partial charge in [-0.05, 0) is 37.6 Å². The monoisotopic (exact) mass is 313 g/mol. The van der Waals surface area contributed by atoms with E-state index in [9.17, 15) is 13.2 Å². The van der Waals surface area contributed by atoms with Gasteiger partial charge in [-0.1, -0.05) is 6.07 Å². The average molecular weight is 313 g/mol. The molecule has 0 bridgehead atoms. The second kappa shape index (κ2) is 6.44. The van der Waals surface area contributed by atoms with Crippen molar-refractivity contribution in [2.24, 2.45) is 0 Å². The van der Waals surface area contributed by atoms with Crippen LogP contribution in [0.25, 0.3) is 0 Å². The Bertz CT molecular complexity index is 614. The molecule has 1 saturated heterocycles. The normalized spacial score (nSPS) is 19.6. The van der Waals surface area contributed by atoms with Crippen molar-refractivity contribution in [1.82, 2.24) is 4.90 Å². The minimum absolute atomic E-state index is 0.0933. The van der Waals surface area contributed by atoms with Crippen LogP contribution >= 0.6 is 0 Å². The molecular weight excluding hydrogens is 294 g/mol. The Labute approximate surface area is 124 Å². The molecule has 1 aliphatic rings. The number of hydrogen-bond acceptors (Lipinski definition) is 5. The zero-order chi connectivity index (χ0) is 15.5. The van der Waals surface area contributed by atoms with Crippen LogP contribution in [0.3, 0.4) is 0 Å². The lowest BCUT2D eigenvalue weighted by molar-refractivity contribution is -0.142. The Morgan fingerprint density at radius 2 is 2.24 bits per heavy atom. The first kappa shape index (κ1) is 15.8. The molecule has 0 aromatic heterocycles. The van der Waals surface area contributed by atoms with Crippen molar-refractivity contribution in [3.8, 4) is 5.75 Å². The summed E-state index contributed by atoms with van der Waals surface area (Å²) in [6.45, 7) is 0.862. The van der Waals surface area contributed by atoms with Crippen LogP contribution < -0.4 is 4.74 Å². The van der Waals surface area contributed by atoms with E-state index < -0.39 is 21.8 Å². The number of ether oxygens (including phenoxy) is 1. The molecule has 116 valence electrons. The first-order chi connectivity index (χ1) is 9.94. The van der Waals surface area contributed by atoms with Gasteiger partial charge >= 0.3 is 5.97 Å². The van der Waals surface area contributed by atoms with Crippen molar-refractivity contribution in [2.75, 3.05) is 26.0 Å². The smallest absolute Gasteiger partial charge is 0.320 e. The van der Waals surface area contributed by atoms with Gasteiger partial charge in [-0.3, -0.25) is 9.69 Å². The third-order valence-corrected chi connectivity index (χ3v) is 5.39. The van der Waals surface area contributed by atoms with E-state index in [0.717, 1.165) is 6.42 Å². The Morgan fingerprint density at radius 3 is 2.90 bits per heavy atom. The van der Waals surface area contributed by atoms with Gasteiger partial charge in [0.1, 0.15) is 11.8 Å². The summed E-state index contributed by atoms with van der Waals surface area (Å²) in [6, 6.07) is 5.75. The number of nitrogens with zero attached hydrogens (tertiary/aromatic N) is 1. The SMILES string of the molecule is COc1cccc(S(=O)(=O)CCN2CCC[C@H]2C(=O)O)c1. The molecule has 0 radical (unpaired) electrons. The van der Waals surface area contributed by atoms with Crippen LogP contribution in [0.15, 0.2) is 29.2 Å². The Hall–Kier alpha value is -1.60. The summed E-state index contributed by atoms with van der Waals surface area (Å²) in [4.78, 5) is 13.0. The van der Waals surface area contributed by atoms with Crippen LogP contribution in [0.5, 0.6) is 5.75 Å². The van der Waals surface area contributed by atoms with Crippen molar-refractivity contribution in [3.05, 3.63) is 24.3 Å². The highest BCUT2D eigenvalue weighted by Gasteiger charge is 2.31. The molecule has 1 aliphatic heterocycles. The molecule has 1 aromatic rings. The molecule has 1 fully saturated rings. The number of hydrogen-bond donors (Lipinski definition) is 1. The highest BCUT2D eigenvalue weighted by Crippen LogP contribution is 2.21. The van der Waals surface area contributed by atoms with Gasteiger partial charge in [-0.15, -0.1) is 0 Å². The highest BCUT2D eigenvalue weighted by molar-refractivity contribution is 7.91. The fourth-order valence-corrected chi connectivity index (χ4v) is 3.82. The van der Waals surface area contributed by atoms with Crippen molar-refractivity contribution in [1.29, 1.82) is 0 Å². The lowest BCUT2D eigenvalue weighted by Crippen LogP contribution is -2.38. The molecule has 6 nitrogen and oxygen atoms in total. The van der Waals surface area contributed by atoms with Crippen molar-refractivity contribution >= 4 is 15.8 Å². The molecular formula is C14H19NO5S. The van der Waals surface area contributed by atoms with Gasteiger partial charge in [0.05, 0.1) is 17.8 Å². The lowest BCUT2D eigenvalue weighted by Gasteiger charge is -2.20. The van der Waals surface area contributed by atoms with E-state index in [0.29, 0.717) is 18.7 Å². The van der Waals surface area contributed by atoms with Crippen LogP contribution in [-0.4, -0.2) is 56.4 Å². The largest absolute Gasteiger partial charge is 0.497 e. The van der Waals surface area contributed by atoms with Crippen molar-refractivity contribution < 1.29 is 23.1 Å². The second-order valence-corrected chi connectivity index (χ2v) is 7.14. The van der Waals surface area contributed by atoms with Gasteiger partial charge in [-0.25, -0.2) is 8.42 Å². The van der Waals surface area contributed by atoms with E-state index in [1.807, 2.05) is 0 Å². The molecule has 1 heterocycles. The minimum Gasteiger partial charge on any atom is -0.497 e. The molecule has 1 N–H and O–H groups in total. The number of likely N-dealkylation sites (tertiary alicyclic amines) is 1. The molecule has 21 heavy (non-hydrogen) atoms. The maximum absolute atomic E-state index is 12.3. The van der Waals surface area contributed by atoms with E-state index in [1.54, 1.807) is 17.0 Å². The summed E-state index contributed by atoms with van der Waals surface area (Å²) in [7, 11) is -1.96.